The average molecular weight is 200 g/mol. The maximum atomic E-state index is 11.3. The number of carbonyl (C=O) groups is 2. The molecule has 0 saturated carbocycles. The zero-order valence-electron chi connectivity index (χ0n) is 8.46. The highest BCUT2D eigenvalue weighted by molar-refractivity contribution is 6.01. The first-order chi connectivity index (χ1) is 6.50. The van der Waals surface area contributed by atoms with Gasteiger partial charge in [0.15, 0.2) is 0 Å². The molecule has 0 aromatic rings. The molecule has 0 aliphatic rings. The Morgan fingerprint density at radius 1 is 1.29 bits per heavy atom. The Bertz CT molecular complexity index is 259. The SMILES string of the molecule is CC(C(=O)O)=C(C)C(=O)NCCCN. The highest BCUT2D eigenvalue weighted by Gasteiger charge is 2.11. The zero-order valence-corrected chi connectivity index (χ0v) is 8.46. The van der Waals surface area contributed by atoms with Crippen molar-refractivity contribution in [3.8, 4) is 0 Å². The van der Waals surface area contributed by atoms with Crippen molar-refractivity contribution in [1.29, 1.82) is 0 Å². The summed E-state index contributed by atoms with van der Waals surface area (Å²) >= 11 is 0. The number of nitrogens with one attached hydrogen (secondary N) is 1. The lowest BCUT2D eigenvalue weighted by Crippen LogP contribution is -2.27. The van der Waals surface area contributed by atoms with E-state index in [4.69, 9.17) is 10.8 Å². The van der Waals surface area contributed by atoms with Crippen molar-refractivity contribution in [1.82, 2.24) is 5.32 Å². The van der Waals surface area contributed by atoms with Crippen LogP contribution in [0.5, 0.6) is 0 Å². The van der Waals surface area contributed by atoms with Crippen molar-refractivity contribution in [2.75, 3.05) is 13.1 Å². The number of nitrogens with two attached hydrogens (primary N) is 1. The molecule has 5 nitrogen and oxygen atoms in total. The fraction of sp³-hybridized carbons (Fsp3) is 0.556. The Morgan fingerprint density at radius 3 is 2.29 bits per heavy atom. The fourth-order valence-electron chi connectivity index (χ4n) is 0.767. The molecular formula is C9H16N2O3. The van der Waals surface area contributed by atoms with Crippen LogP contribution in [-0.2, 0) is 9.59 Å². The summed E-state index contributed by atoms with van der Waals surface area (Å²) in [4.78, 5) is 21.8. The summed E-state index contributed by atoms with van der Waals surface area (Å²) in [6.45, 7) is 3.86. The Labute approximate surface area is 83.0 Å². The van der Waals surface area contributed by atoms with Gasteiger partial charge in [-0.2, -0.15) is 0 Å². The molecule has 1 amide bonds. The smallest absolute Gasteiger partial charge is 0.331 e. The normalized spacial score (nSPS) is 11.9. The minimum atomic E-state index is -1.07. The number of rotatable bonds is 5. The van der Waals surface area contributed by atoms with E-state index in [0.717, 1.165) is 0 Å². The lowest BCUT2D eigenvalue weighted by molar-refractivity contribution is -0.133. The van der Waals surface area contributed by atoms with Gasteiger partial charge in [-0.3, -0.25) is 4.79 Å². The van der Waals surface area contributed by atoms with E-state index in [9.17, 15) is 9.59 Å². The summed E-state index contributed by atoms with van der Waals surface area (Å²) in [6.07, 6.45) is 0.686. The van der Waals surface area contributed by atoms with Gasteiger partial charge < -0.3 is 16.2 Å². The van der Waals surface area contributed by atoms with Gasteiger partial charge >= 0.3 is 5.97 Å². The zero-order chi connectivity index (χ0) is 11.1. The number of carboxylic acids is 1. The van der Waals surface area contributed by atoms with Crippen LogP contribution in [0.25, 0.3) is 0 Å². The molecule has 0 radical (unpaired) electrons. The predicted octanol–water partition coefficient (Wildman–Crippen LogP) is -0.128. The molecule has 0 bridgehead atoms. The quantitative estimate of drug-likeness (QED) is 0.426. The number of aliphatic carboxylic acids is 1. The predicted molar refractivity (Wildman–Crippen MR) is 52.7 cm³/mol. The summed E-state index contributed by atoms with van der Waals surface area (Å²) in [5.74, 6) is -1.42. The van der Waals surface area contributed by atoms with Crippen LogP contribution in [-0.4, -0.2) is 30.1 Å². The Hall–Kier alpha value is -1.36. The summed E-state index contributed by atoms with van der Waals surface area (Å²) in [5, 5.41) is 11.2. The second kappa shape index (κ2) is 6.15. The average Bonchev–Trinajstić information content (AvgIpc) is 2.15. The monoisotopic (exact) mass is 200 g/mol. The first kappa shape index (κ1) is 12.6. The van der Waals surface area contributed by atoms with Crippen LogP contribution in [0.4, 0.5) is 0 Å². The minimum absolute atomic E-state index is 0.0650. The van der Waals surface area contributed by atoms with Gasteiger partial charge in [0.2, 0.25) is 5.91 Å². The fourth-order valence-corrected chi connectivity index (χ4v) is 0.767. The van der Waals surface area contributed by atoms with E-state index in [1.807, 2.05) is 0 Å². The molecular weight excluding hydrogens is 184 g/mol. The van der Waals surface area contributed by atoms with E-state index < -0.39 is 5.97 Å². The van der Waals surface area contributed by atoms with Gasteiger partial charge in [-0.15, -0.1) is 0 Å². The topological polar surface area (TPSA) is 92.4 Å². The second-order valence-electron chi connectivity index (χ2n) is 2.95. The number of carbonyl (C=O) groups excluding carboxylic acids is 1. The second-order valence-corrected chi connectivity index (χ2v) is 2.95. The molecule has 0 fully saturated rings. The third-order valence-electron chi connectivity index (χ3n) is 1.89. The van der Waals surface area contributed by atoms with Crippen molar-refractivity contribution in [2.24, 2.45) is 5.73 Å². The van der Waals surface area contributed by atoms with Gasteiger partial charge in [0, 0.05) is 17.7 Å². The molecule has 5 heteroatoms. The summed E-state index contributed by atoms with van der Waals surface area (Å²) in [6, 6.07) is 0. The van der Waals surface area contributed by atoms with E-state index in [0.29, 0.717) is 19.5 Å². The van der Waals surface area contributed by atoms with E-state index in [-0.39, 0.29) is 17.1 Å². The van der Waals surface area contributed by atoms with Crippen LogP contribution in [0.2, 0.25) is 0 Å². The van der Waals surface area contributed by atoms with Gasteiger partial charge in [-0.25, -0.2) is 4.79 Å². The molecule has 0 atom stereocenters. The molecule has 0 spiro atoms. The molecule has 4 N–H and O–H groups in total. The van der Waals surface area contributed by atoms with Gasteiger partial charge in [-0.05, 0) is 26.8 Å². The largest absolute Gasteiger partial charge is 0.478 e. The molecule has 0 unspecified atom stereocenters. The molecule has 80 valence electrons. The first-order valence-corrected chi connectivity index (χ1v) is 4.39. The number of carboxylic acid groups (broad SMARTS) is 1. The summed E-state index contributed by atoms with van der Waals surface area (Å²) < 4.78 is 0. The van der Waals surface area contributed by atoms with Gasteiger partial charge in [-0.1, -0.05) is 0 Å². The van der Waals surface area contributed by atoms with E-state index in [2.05, 4.69) is 5.32 Å². The van der Waals surface area contributed by atoms with E-state index in [1.54, 1.807) is 0 Å². The van der Waals surface area contributed by atoms with E-state index in [1.165, 1.54) is 13.8 Å². The van der Waals surface area contributed by atoms with E-state index >= 15 is 0 Å². The van der Waals surface area contributed by atoms with Crippen LogP contribution >= 0.6 is 0 Å². The van der Waals surface area contributed by atoms with Gasteiger partial charge in [0.25, 0.3) is 0 Å². The molecule has 0 heterocycles. The number of amides is 1. The molecule has 0 aromatic heterocycles. The summed E-state index contributed by atoms with van der Waals surface area (Å²) in [7, 11) is 0. The number of hydrogen-bond donors (Lipinski definition) is 3. The summed E-state index contributed by atoms with van der Waals surface area (Å²) in [5.41, 5.74) is 5.54. The van der Waals surface area contributed by atoms with Crippen molar-refractivity contribution >= 4 is 11.9 Å². The molecule has 0 saturated heterocycles. The molecule has 0 aromatic carbocycles. The highest BCUT2D eigenvalue weighted by atomic mass is 16.4. The van der Waals surface area contributed by atoms with Crippen LogP contribution < -0.4 is 11.1 Å². The van der Waals surface area contributed by atoms with Crippen molar-refractivity contribution in [3.05, 3.63) is 11.1 Å². The molecule has 0 rings (SSSR count). The van der Waals surface area contributed by atoms with Crippen molar-refractivity contribution in [2.45, 2.75) is 20.3 Å². The Morgan fingerprint density at radius 2 is 1.86 bits per heavy atom. The number of hydrogen-bond acceptors (Lipinski definition) is 3. The first-order valence-electron chi connectivity index (χ1n) is 4.39. The van der Waals surface area contributed by atoms with Crippen molar-refractivity contribution < 1.29 is 14.7 Å². The van der Waals surface area contributed by atoms with Gasteiger partial charge in [0.1, 0.15) is 0 Å². The molecule has 0 aliphatic heterocycles. The molecule has 14 heavy (non-hydrogen) atoms. The molecule has 0 aliphatic carbocycles. The van der Waals surface area contributed by atoms with Crippen molar-refractivity contribution in [3.63, 3.8) is 0 Å². The lowest BCUT2D eigenvalue weighted by Gasteiger charge is -2.05. The highest BCUT2D eigenvalue weighted by Crippen LogP contribution is 2.02. The third kappa shape index (κ3) is 4.04. The van der Waals surface area contributed by atoms with Gasteiger partial charge in [0.05, 0.1) is 0 Å². The lowest BCUT2D eigenvalue weighted by atomic mass is 10.1. The van der Waals surface area contributed by atoms with Crippen LogP contribution in [0.15, 0.2) is 11.1 Å². The van der Waals surface area contributed by atoms with Crippen LogP contribution in [0, 0.1) is 0 Å². The maximum absolute atomic E-state index is 11.3. The maximum Gasteiger partial charge on any atom is 0.331 e. The third-order valence-corrected chi connectivity index (χ3v) is 1.89. The Balaban J connectivity index is 4.25. The standard InChI is InChI=1S/C9H16N2O3/c1-6(7(2)9(13)14)8(12)11-5-3-4-10/h3-5,10H2,1-2H3,(H,11,12)(H,13,14). The minimum Gasteiger partial charge on any atom is -0.478 e. The van der Waals surface area contributed by atoms with Crippen LogP contribution in [0.1, 0.15) is 20.3 Å². The Kier molecular flexibility index (Phi) is 5.55. The van der Waals surface area contributed by atoms with Crippen LogP contribution in [0.3, 0.4) is 0 Å².